The highest BCUT2D eigenvalue weighted by molar-refractivity contribution is 4.83. The van der Waals surface area contributed by atoms with Gasteiger partial charge in [0.1, 0.15) is 0 Å². The van der Waals surface area contributed by atoms with E-state index < -0.39 is 12.8 Å². The summed E-state index contributed by atoms with van der Waals surface area (Å²) in [5.74, 6) is 0. The van der Waals surface area contributed by atoms with Crippen LogP contribution in [0.25, 0.3) is 0 Å². The molecule has 0 heterocycles. The Balaban J connectivity index is 1.97. The molecule has 0 bridgehead atoms. The SMILES string of the molecule is COC1CC(NOCC(F)(F)F)C1. The molecule has 0 aromatic rings. The number of hydrogen-bond acceptors (Lipinski definition) is 3. The third-order valence-corrected chi connectivity index (χ3v) is 1.91. The van der Waals surface area contributed by atoms with E-state index in [0.29, 0.717) is 12.8 Å². The van der Waals surface area contributed by atoms with Gasteiger partial charge < -0.3 is 4.74 Å². The molecule has 0 amide bonds. The van der Waals surface area contributed by atoms with Crippen molar-refractivity contribution < 1.29 is 22.7 Å². The number of hydrogen-bond donors (Lipinski definition) is 1. The molecule has 6 heteroatoms. The van der Waals surface area contributed by atoms with Crippen LogP contribution in [0.1, 0.15) is 12.8 Å². The highest BCUT2D eigenvalue weighted by Crippen LogP contribution is 2.22. The number of rotatable bonds is 4. The molecule has 0 saturated heterocycles. The average molecular weight is 199 g/mol. The summed E-state index contributed by atoms with van der Waals surface area (Å²) in [7, 11) is 1.58. The van der Waals surface area contributed by atoms with Crippen LogP contribution in [0.15, 0.2) is 0 Å². The van der Waals surface area contributed by atoms with Gasteiger partial charge >= 0.3 is 6.18 Å². The Bertz CT molecular complexity index is 156. The summed E-state index contributed by atoms with van der Waals surface area (Å²) in [4.78, 5) is 4.26. The van der Waals surface area contributed by atoms with Crippen molar-refractivity contribution in [3.8, 4) is 0 Å². The zero-order valence-corrected chi connectivity index (χ0v) is 7.23. The van der Waals surface area contributed by atoms with Crippen molar-refractivity contribution in [1.82, 2.24) is 5.48 Å². The molecule has 1 aliphatic carbocycles. The van der Waals surface area contributed by atoms with Crippen LogP contribution in [0.2, 0.25) is 0 Å². The quantitative estimate of drug-likeness (QED) is 0.691. The molecular formula is C7H12F3NO2. The van der Waals surface area contributed by atoms with Crippen molar-refractivity contribution in [3.05, 3.63) is 0 Å². The molecule has 1 fully saturated rings. The van der Waals surface area contributed by atoms with Crippen molar-refractivity contribution >= 4 is 0 Å². The molecule has 0 unspecified atom stereocenters. The van der Waals surface area contributed by atoms with Crippen molar-refractivity contribution in [2.75, 3.05) is 13.7 Å². The van der Waals surface area contributed by atoms with E-state index in [-0.39, 0.29) is 12.1 Å². The molecule has 0 aliphatic heterocycles. The molecular weight excluding hydrogens is 187 g/mol. The van der Waals surface area contributed by atoms with Crippen LogP contribution >= 0.6 is 0 Å². The van der Waals surface area contributed by atoms with Crippen LogP contribution in [0.5, 0.6) is 0 Å². The molecule has 1 aliphatic rings. The van der Waals surface area contributed by atoms with E-state index in [4.69, 9.17) is 4.74 Å². The molecule has 13 heavy (non-hydrogen) atoms. The normalized spacial score (nSPS) is 28.6. The zero-order valence-electron chi connectivity index (χ0n) is 7.23. The van der Waals surface area contributed by atoms with E-state index in [1.54, 1.807) is 7.11 Å². The number of nitrogens with one attached hydrogen (secondary N) is 1. The van der Waals surface area contributed by atoms with Crippen molar-refractivity contribution in [3.63, 3.8) is 0 Å². The van der Waals surface area contributed by atoms with E-state index in [2.05, 4.69) is 10.3 Å². The molecule has 1 N–H and O–H groups in total. The number of hydroxylamine groups is 1. The van der Waals surface area contributed by atoms with E-state index in [1.807, 2.05) is 0 Å². The summed E-state index contributed by atoms with van der Waals surface area (Å²) >= 11 is 0. The van der Waals surface area contributed by atoms with Crippen LogP contribution in [-0.4, -0.2) is 32.0 Å². The van der Waals surface area contributed by atoms with Crippen molar-refractivity contribution in [2.45, 2.75) is 31.2 Å². The van der Waals surface area contributed by atoms with Gasteiger partial charge in [-0.05, 0) is 12.8 Å². The Morgan fingerprint density at radius 1 is 1.38 bits per heavy atom. The predicted molar refractivity (Wildman–Crippen MR) is 39.0 cm³/mol. The number of ether oxygens (including phenoxy) is 1. The van der Waals surface area contributed by atoms with Crippen LogP contribution in [0.4, 0.5) is 13.2 Å². The first kappa shape index (κ1) is 10.7. The lowest BCUT2D eigenvalue weighted by molar-refractivity contribution is -0.198. The van der Waals surface area contributed by atoms with Crippen LogP contribution < -0.4 is 5.48 Å². The second-order valence-electron chi connectivity index (χ2n) is 3.05. The van der Waals surface area contributed by atoms with Gasteiger partial charge in [-0.1, -0.05) is 0 Å². The minimum Gasteiger partial charge on any atom is -0.381 e. The van der Waals surface area contributed by atoms with Crippen LogP contribution in [0, 0.1) is 0 Å². The lowest BCUT2D eigenvalue weighted by atomic mass is 9.90. The molecule has 78 valence electrons. The summed E-state index contributed by atoms with van der Waals surface area (Å²) in [5.41, 5.74) is 2.34. The fourth-order valence-electron chi connectivity index (χ4n) is 1.10. The second-order valence-corrected chi connectivity index (χ2v) is 3.05. The average Bonchev–Trinajstić information content (AvgIpc) is 1.91. The number of methoxy groups -OCH3 is 1. The van der Waals surface area contributed by atoms with Gasteiger partial charge in [-0.25, -0.2) is 0 Å². The van der Waals surface area contributed by atoms with Gasteiger partial charge in [0.05, 0.1) is 6.10 Å². The van der Waals surface area contributed by atoms with E-state index in [9.17, 15) is 13.2 Å². The second kappa shape index (κ2) is 4.26. The van der Waals surface area contributed by atoms with Gasteiger partial charge in [0.25, 0.3) is 0 Å². The molecule has 1 saturated carbocycles. The first-order valence-electron chi connectivity index (χ1n) is 3.98. The van der Waals surface area contributed by atoms with Crippen molar-refractivity contribution in [1.29, 1.82) is 0 Å². The molecule has 0 spiro atoms. The lowest BCUT2D eigenvalue weighted by Gasteiger charge is -2.34. The van der Waals surface area contributed by atoms with E-state index >= 15 is 0 Å². The molecule has 3 nitrogen and oxygen atoms in total. The highest BCUT2D eigenvalue weighted by atomic mass is 19.4. The Morgan fingerprint density at radius 3 is 2.46 bits per heavy atom. The first-order chi connectivity index (χ1) is 6.01. The first-order valence-corrected chi connectivity index (χ1v) is 3.98. The van der Waals surface area contributed by atoms with Gasteiger partial charge in [-0.2, -0.15) is 18.7 Å². The summed E-state index contributed by atoms with van der Waals surface area (Å²) in [6, 6.07) is -0.00713. The third kappa shape index (κ3) is 3.93. The number of alkyl halides is 3. The standard InChI is InChI=1S/C7H12F3NO2/c1-12-6-2-5(3-6)11-13-4-7(8,9)10/h5-6,11H,2-4H2,1H3. The Kier molecular flexibility index (Phi) is 3.52. The molecule has 0 aromatic carbocycles. The Hall–Kier alpha value is -0.330. The van der Waals surface area contributed by atoms with Gasteiger partial charge in [-0.3, -0.25) is 4.84 Å². The maximum atomic E-state index is 11.6. The maximum absolute atomic E-state index is 11.6. The fraction of sp³-hybridized carbons (Fsp3) is 1.00. The van der Waals surface area contributed by atoms with E-state index in [0.717, 1.165) is 0 Å². The van der Waals surface area contributed by atoms with E-state index in [1.165, 1.54) is 0 Å². The largest absolute Gasteiger partial charge is 0.413 e. The van der Waals surface area contributed by atoms with Crippen molar-refractivity contribution in [2.24, 2.45) is 0 Å². The summed E-state index contributed by atoms with van der Waals surface area (Å²) in [5, 5.41) is 0. The third-order valence-electron chi connectivity index (χ3n) is 1.91. The topological polar surface area (TPSA) is 30.5 Å². The van der Waals surface area contributed by atoms with Crippen LogP contribution in [-0.2, 0) is 9.57 Å². The van der Waals surface area contributed by atoms with Gasteiger partial charge in [0.2, 0.25) is 0 Å². The highest BCUT2D eigenvalue weighted by Gasteiger charge is 2.32. The maximum Gasteiger partial charge on any atom is 0.413 e. The minimum absolute atomic E-state index is 0.00713. The fourth-order valence-corrected chi connectivity index (χ4v) is 1.10. The summed E-state index contributed by atoms with van der Waals surface area (Å²) < 4.78 is 39.7. The monoisotopic (exact) mass is 199 g/mol. The molecule has 1 rings (SSSR count). The lowest BCUT2D eigenvalue weighted by Crippen LogP contribution is -2.45. The minimum atomic E-state index is -4.27. The number of halogens is 3. The van der Waals surface area contributed by atoms with Crippen LogP contribution in [0.3, 0.4) is 0 Å². The van der Waals surface area contributed by atoms with Gasteiger partial charge in [0, 0.05) is 13.2 Å². The molecule has 0 aromatic heterocycles. The summed E-state index contributed by atoms with van der Waals surface area (Å²) in [6.45, 7) is -1.25. The van der Waals surface area contributed by atoms with Gasteiger partial charge in [0.15, 0.2) is 6.61 Å². The zero-order chi connectivity index (χ0) is 9.90. The predicted octanol–water partition coefficient (Wildman–Crippen LogP) is 1.25. The Labute approximate surface area is 74.2 Å². The Morgan fingerprint density at radius 2 is 2.00 bits per heavy atom. The molecule has 0 atom stereocenters. The van der Waals surface area contributed by atoms with Gasteiger partial charge in [-0.15, -0.1) is 0 Å². The molecule has 0 radical (unpaired) electrons. The smallest absolute Gasteiger partial charge is 0.381 e. The summed E-state index contributed by atoms with van der Waals surface area (Å²) in [6.07, 6.45) is -2.70.